The Balaban J connectivity index is 1.81. The van der Waals surface area contributed by atoms with E-state index in [9.17, 15) is 14.0 Å². The molecule has 1 aliphatic heterocycles. The Hall–Kier alpha value is -3.62. The number of halogens is 2. The maximum atomic E-state index is 13.9. The zero-order valence-corrected chi connectivity index (χ0v) is 21.1. The first kappa shape index (κ1) is 25.5. The number of nitriles is 1. The third-order valence-electron chi connectivity index (χ3n) is 5.84. The van der Waals surface area contributed by atoms with Gasteiger partial charge in [-0.2, -0.15) is 5.26 Å². The van der Waals surface area contributed by atoms with Gasteiger partial charge in [0, 0.05) is 38.3 Å². The standard InChI is InChI=1S/C25H28F2N8S/c1-3-31-24(23-21(29)16(2)14-20(32-23)34-12-9-30-10-13-34)35(11-8-26)25-33-22(19(15-28)36-25)17-4-6-18(27)7-5-17/h4-7,14,30H,3,8-13,29H2,1-2H3. The molecule has 36 heavy (non-hydrogen) atoms. The highest BCUT2D eigenvalue weighted by atomic mass is 32.1. The Bertz CT molecular complexity index is 1280. The summed E-state index contributed by atoms with van der Waals surface area (Å²) in [5.41, 5.74) is 9.26. The average molecular weight is 511 g/mol. The van der Waals surface area contributed by atoms with E-state index in [0.29, 0.717) is 45.0 Å². The van der Waals surface area contributed by atoms with E-state index >= 15 is 0 Å². The second kappa shape index (κ2) is 11.4. The predicted octanol–water partition coefficient (Wildman–Crippen LogP) is 3.76. The van der Waals surface area contributed by atoms with Gasteiger partial charge >= 0.3 is 0 Å². The van der Waals surface area contributed by atoms with Crippen LogP contribution < -0.4 is 20.9 Å². The van der Waals surface area contributed by atoms with Crippen LogP contribution in [0.4, 0.5) is 25.4 Å². The van der Waals surface area contributed by atoms with E-state index in [0.717, 1.165) is 48.9 Å². The van der Waals surface area contributed by atoms with Crippen LogP contribution in [0, 0.1) is 24.1 Å². The number of anilines is 3. The van der Waals surface area contributed by atoms with E-state index in [-0.39, 0.29) is 12.4 Å². The fraction of sp³-hybridized carbons (Fsp3) is 0.360. The van der Waals surface area contributed by atoms with Crippen LogP contribution >= 0.6 is 11.3 Å². The fourth-order valence-corrected chi connectivity index (χ4v) is 4.92. The lowest BCUT2D eigenvalue weighted by molar-refractivity contribution is 0.503. The molecule has 2 aromatic heterocycles. The predicted molar refractivity (Wildman–Crippen MR) is 141 cm³/mol. The number of aliphatic imine (C=N–C) groups is 1. The highest BCUT2D eigenvalue weighted by molar-refractivity contribution is 7.16. The van der Waals surface area contributed by atoms with Crippen molar-refractivity contribution < 1.29 is 8.78 Å². The summed E-state index contributed by atoms with van der Waals surface area (Å²) in [5, 5.41) is 13.5. The number of nitrogens with zero attached hydrogens (tertiary/aromatic N) is 6. The molecule has 4 rings (SSSR count). The molecule has 0 bridgehead atoms. The van der Waals surface area contributed by atoms with Crippen LogP contribution in [0.3, 0.4) is 0 Å². The van der Waals surface area contributed by atoms with Gasteiger partial charge < -0.3 is 16.0 Å². The summed E-state index contributed by atoms with van der Waals surface area (Å²) >= 11 is 1.12. The fourth-order valence-electron chi connectivity index (χ4n) is 4.01. The second-order valence-electron chi connectivity index (χ2n) is 8.23. The number of nitrogens with one attached hydrogen (secondary N) is 1. The molecule has 1 aromatic carbocycles. The van der Waals surface area contributed by atoms with Crippen molar-refractivity contribution in [2.45, 2.75) is 13.8 Å². The van der Waals surface area contributed by atoms with E-state index in [1.807, 2.05) is 19.9 Å². The molecule has 1 aliphatic rings. The number of rotatable bonds is 7. The van der Waals surface area contributed by atoms with E-state index in [2.05, 4.69) is 26.3 Å². The molecular formula is C25H28F2N8S. The van der Waals surface area contributed by atoms with Crippen LogP contribution in [0.5, 0.6) is 0 Å². The molecule has 1 saturated heterocycles. The van der Waals surface area contributed by atoms with Gasteiger partial charge in [0.05, 0.1) is 12.2 Å². The Morgan fingerprint density at radius 1 is 1.28 bits per heavy atom. The molecule has 0 spiro atoms. The minimum absolute atomic E-state index is 0.0435. The first-order valence-corrected chi connectivity index (χ1v) is 12.6. The number of aryl methyl sites for hydroxylation is 1. The third kappa shape index (κ3) is 5.29. The quantitative estimate of drug-likeness (QED) is 0.368. The van der Waals surface area contributed by atoms with Gasteiger partial charge in [-0.15, -0.1) is 0 Å². The van der Waals surface area contributed by atoms with Crippen LogP contribution in [-0.4, -0.2) is 61.7 Å². The minimum Gasteiger partial charge on any atom is -0.397 e. The van der Waals surface area contributed by atoms with Gasteiger partial charge in [0.2, 0.25) is 0 Å². The Kier molecular flexibility index (Phi) is 8.07. The molecule has 188 valence electrons. The van der Waals surface area contributed by atoms with Crippen LogP contribution in [0.1, 0.15) is 23.1 Å². The molecular weight excluding hydrogens is 482 g/mol. The number of benzene rings is 1. The zero-order chi connectivity index (χ0) is 25.7. The number of nitrogens with two attached hydrogens (primary N) is 1. The lowest BCUT2D eigenvalue weighted by Crippen LogP contribution is -2.44. The van der Waals surface area contributed by atoms with Crippen molar-refractivity contribution in [3.63, 3.8) is 0 Å². The van der Waals surface area contributed by atoms with Crippen LogP contribution in [0.2, 0.25) is 0 Å². The third-order valence-corrected chi connectivity index (χ3v) is 6.83. The first-order valence-electron chi connectivity index (χ1n) is 11.7. The van der Waals surface area contributed by atoms with Gasteiger partial charge in [0.15, 0.2) is 11.0 Å². The largest absolute Gasteiger partial charge is 0.397 e. The van der Waals surface area contributed by atoms with E-state index in [4.69, 9.17) is 10.7 Å². The highest BCUT2D eigenvalue weighted by Crippen LogP contribution is 2.34. The van der Waals surface area contributed by atoms with Gasteiger partial charge in [-0.25, -0.2) is 18.7 Å². The smallest absolute Gasteiger partial charge is 0.193 e. The van der Waals surface area contributed by atoms with Crippen molar-refractivity contribution in [1.29, 1.82) is 5.26 Å². The van der Waals surface area contributed by atoms with Gasteiger partial charge in [0.25, 0.3) is 0 Å². The Morgan fingerprint density at radius 2 is 2.00 bits per heavy atom. The van der Waals surface area contributed by atoms with Gasteiger partial charge in [-0.3, -0.25) is 9.89 Å². The zero-order valence-electron chi connectivity index (χ0n) is 20.3. The summed E-state index contributed by atoms with van der Waals surface area (Å²) in [6.45, 7) is 6.82. The Labute approximate surface area is 213 Å². The molecule has 0 saturated carbocycles. The lowest BCUT2D eigenvalue weighted by atomic mass is 10.1. The summed E-state index contributed by atoms with van der Waals surface area (Å²) in [6.07, 6.45) is 0. The highest BCUT2D eigenvalue weighted by Gasteiger charge is 2.26. The number of hydrogen-bond donors (Lipinski definition) is 2. The molecule has 3 N–H and O–H groups in total. The number of hydrogen-bond acceptors (Lipinski definition) is 8. The number of alkyl halides is 1. The molecule has 0 radical (unpaired) electrons. The number of aromatic nitrogens is 2. The van der Waals surface area contributed by atoms with Gasteiger partial charge in [0.1, 0.15) is 40.6 Å². The number of amidine groups is 1. The van der Waals surface area contributed by atoms with Gasteiger partial charge in [-0.1, -0.05) is 11.3 Å². The molecule has 0 unspecified atom stereocenters. The number of pyridine rings is 1. The monoisotopic (exact) mass is 510 g/mol. The first-order chi connectivity index (χ1) is 17.5. The Morgan fingerprint density at radius 3 is 2.64 bits per heavy atom. The maximum Gasteiger partial charge on any atom is 0.193 e. The van der Waals surface area contributed by atoms with E-state index in [1.54, 1.807) is 17.0 Å². The molecule has 0 amide bonds. The van der Waals surface area contributed by atoms with Crippen LogP contribution in [-0.2, 0) is 0 Å². The normalized spacial score (nSPS) is 14.1. The maximum absolute atomic E-state index is 13.9. The number of piperazine rings is 1. The van der Waals surface area contributed by atoms with Crippen molar-refractivity contribution in [2.75, 3.05) is 61.5 Å². The van der Waals surface area contributed by atoms with Crippen molar-refractivity contribution in [1.82, 2.24) is 15.3 Å². The van der Waals surface area contributed by atoms with Crippen molar-refractivity contribution >= 4 is 33.8 Å². The summed E-state index contributed by atoms with van der Waals surface area (Å²) in [6, 6.07) is 9.87. The lowest BCUT2D eigenvalue weighted by Gasteiger charge is -2.30. The molecule has 0 atom stereocenters. The minimum atomic E-state index is -0.674. The summed E-state index contributed by atoms with van der Waals surface area (Å²) in [5.74, 6) is 0.799. The summed E-state index contributed by atoms with van der Waals surface area (Å²) in [4.78, 5) is 18.3. The van der Waals surface area contributed by atoms with Crippen molar-refractivity contribution in [2.24, 2.45) is 4.99 Å². The molecule has 11 heteroatoms. The molecule has 1 fully saturated rings. The molecule has 8 nitrogen and oxygen atoms in total. The molecule has 3 aromatic rings. The summed E-state index contributed by atoms with van der Waals surface area (Å²) < 4.78 is 27.3. The SMILES string of the molecule is CCN=C(c1nc(N2CCNCC2)cc(C)c1N)N(CCF)c1nc(-c2ccc(F)cc2)c(C#N)s1. The topological polar surface area (TPSA) is 106 Å². The second-order valence-corrected chi connectivity index (χ2v) is 9.21. The van der Waals surface area contributed by atoms with Crippen molar-refractivity contribution in [3.8, 4) is 17.3 Å². The van der Waals surface area contributed by atoms with E-state index < -0.39 is 6.67 Å². The molecule has 0 aliphatic carbocycles. The average Bonchev–Trinajstić information content (AvgIpc) is 3.33. The van der Waals surface area contributed by atoms with E-state index in [1.165, 1.54) is 12.1 Å². The van der Waals surface area contributed by atoms with Crippen LogP contribution in [0.25, 0.3) is 11.3 Å². The van der Waals surface area contributed by atoms with Gasteiger partial charge in [-0.05, 0) is 49.7 Å². The van der Waals surface area contributed by atoms with Crippen LogP contribution in [0.15, 0.2) is 35.3 Å². The number of nitrogen functional groups attached to an aromatic ring is 1. The number of thiazole rings is 1. The molecule has 3 heterocycles. The van der Waals surface area contributed by atoms with Crippen molar-refractivity contribution in [3.05, 3.63) is 52.3 Å². The summed E-state index contributed by atoms with van der Waals surface area (Å²) in [7, 11) is 0.